The van der Waals surface area contributed by atoms with Crippen LogP contribution in [-0.4, -0.2) is 25.2 Å². The van der Waals surface area contributed by atoms with Gasteiger partial charge in [-0.15, -0.1) is 0 Å². The third-order valence-corrected chi connectivity index (χ3v) is 5.98. The van der Waals surface area contributed by atoms with Gasteiger partial charge in [-0.2, -0.15) is 0 Å². The van der Waals surface area contributed by atoms with Gasteiger partial charge in [-0.05, 0) is 59.8 Å². The molecular formula is C29H40O4. The summed E-state index contributed by atoms with van der Waals surface area (Å²) in [6.07, 6.45) is 0.437. The number of carbonyl (C=O) groups excluding carboxylic acids is 2. The molecule has 0 heterocycles. The lowest BCUT2D eigenvalue weighted by Gasteiger charge is -2.30. The predicted octanol–water partition coefficient (Wildman–Crippen LogP) is 6.18. The highest BCUT2D eigenvalue weighted by molar-refractivity contribution is 6.00. The second-order valence-electron chi connectivity index (χ2n) is 10.8. The van der Waals surface area contributed by atoms with Crippen LogP contribution < -0.4 is 0 Å². The van der Waals surface area contributed by atoms with E-state index in [0.29, 0.717) is 0 Å². The third kappa shape index (κ3) is 6.69. The fourth-order valence-corrected chi connectivity index (χ4v) is 3.92. The van der Waals surface area contributed by atoms with Crippen molar-refractivity contribution in [1.82, 2.24) is 0 Å². The molecule has 0 aromatic heterocycles. The van der Waals surface area contributed by atoms with E-state index in [1.807, 2.05) is 24.3 Å². The Morgan fingerprint density at radius 1 is 0.606 bits per heavy atom. The van der Waals surface area contributed by atoms with Crippen molar-refractivity contribution in [1.29, 1.82) is 0 Å². The monoisotopic (exact) mass is 452 g/mol. The van der Waals surface area contributed by atoms with E-state index in [-0.39, 0.29) is 36.9 Å². The quantitative estimate of drug-likeness (QED) is 0.354. The number of carbonyl (C=O) groups is 2. The standard InChI is InChI=1S/C29H40O4/c1-9-32-25(30)29(26(31)33-10-2,19-21-11-15-23(16-12-21)27(3,4)5)20-22-13-17-24(18-14-22)28(6,7)8/h11-18H,9-10,19-20H2,1-8H3. The number of hydrogen-bond acceptors (Lipinski definition) is 4. The molecule has 4 nitrogen and oxygen atoms in total. The first-order chi connectivity index (χ1) is 15.3. The van der Waals surface area contributed by atoms with Crippen LogP contribution in [0.3, 0.4) is 0 Å². The summed E-state index contributed by atoms with van der Waals surface area (Å²) in [6, 6.07) is 16.2. The van der Waals surface area contributed by atoms with Crippen LogP contribution >= 0.6 is 0 Å². The zero-order chi connectivity index (χ0) is 24.9. The maximum Gasteiger partial charge on any atom is 0.324 e. The van der Waals surface area contributed by atoms with Crippen molar-refractivity contribution in [2.75, 3.05) is 13.2 Å². The summed E-state index contributed by atoms with van der Waals surface area (Å²) in [5.74, 6) is -1.08. The van der Waals surface area contributed by atoms with Crippen LogP contribution in [0.1, 0.15) is 77.6 Å². The summed E-state index contributed by atoms with van der Waals surface area (Å²) in [5, 5.41) is 0. The van der Waals surface area contributed by atoms with Crippen LogP contribution in [-0.2, 0) is 42.7 Å². The first-order valence-corrected chi connectivity index (χ1v) is 11.9. The van der Waals surface area contributed by atoms with E-state index in [1.165, 1.54) is 11.1 Å². The highest BCUT2D eigenvalue weighted by atomic mass is 16.6. The van der Waals surface area contributed by atoms with Gasteiger partial charge in [-0.25, -0.2) is 0 Å². The van der Waals surface area contributed by atoms with Crippen LogP contribution in [0.2, 0.25) is 0 Å². The molecule has 0 saturated carbocycles. The summed E-state index contributed by atoms with van der Waals surface area (Å²) in [4.78, 5) is 26.6. The Balaban J connectivity index is 2.51. The SMILES string of the molecule is CCOC(=O)C(Cc1ccc(C(C)(C)C)cc1)(Cc1ccc(C(C)(C)C)cc1)C(=O)OCC. The minimum absolute atomic E-state index is 0.0205. The largest absolute Gasteiger partial charge is 0.465 e. The van der Waals surface area contributed by atoms with Gasteiger partial charge in [0.25, 0.3) is 0 Å². The number of hydrogen-bond donors (Lipinski definition) is 0. The van der Waals surface area contributed by atoms with Crippen molar-refractivity contribution in [3.63, 3.8) is 0 Å². The molecule has 2 aromatic carbocycles. The maximum atomic E-state index is 13.3. The lowest BCUT2D eigenvalue weighted by molar-refractivity contribution is -0.172. The summed E-state index contributed by atoms with van der Waals surface area (Å²) in [7, 11) is 0. The molecule has 0 aliphatic carbocycles. The van der Waals surface area contributed by atoms with Gasteiger partial charge >= 0.3 is 11.9 Å². The minimum Gasteiger partial charge on any atom is -0.465 e. The highest BCUT2D eigenvalue weighted by Gasteiger charge is 2.49. The number of ether oxygens (including phenoxy) is 2. The van der Waals surface area contributed by atoms with E-state index in [4.69, 9.17) is 9.47 Å². The number of benzene rings is 2. The second kappa shape index (κ2) is 10.5. The Hall–Kier alpha value is -2.62. The van der Waals surface area contributed by atoms with E-state index in [0.717, 1.165) is 11.1 Å². The first-order valence-electron chi connectivity index (χ1n) is 11.9. The van der Waals surface area contributed by atoms with Crippen LogP contribution in [0.15, 0.2) is 48.5 Å². The van der Waals surface area contributed by atoms with Gasteiger partial charge in [0.05, 0.1) is 13.2 Å². The van der Waals surface area contributed by atoms with Crippen LogP contribution in [0, 0.1) is 5.41 Å². The molecule has 0 spiro atoms. The Kier molecular flexibility index (Phi) is 8.51. The molecule has 4 heteroatoms. The molecule has 180 valence electrons. The average Bonchev–Trinajstić information content (AvgIpc) is 2.73. The molecular weight excluding hydrogens is 412 g/mol. The van der Waals surface area contributed by atoms with Crippen molar-refractivity contribution >= 4 is 11.9 Å². The topological polar surface area (TPSA) is 52.6 Å². The summed E-state index contributed by atoms with van der Waals surface area (Å²) < 4.78 is 10.9. The lowest BCUT2D eigenvalue weighted by atomic mass is 9.75. The van der Waals surface area contributed by atoms with Crippen LogP contribution in [0.4, 0.5) is 0 Å². The molecule has 0 aliphatic rings. The molecule has 0 atom stereocenters. The summed E-state index contributed by atoms with van der Waals surface area (Å²) in [5.41, 5.74) is 2.78. The molecule has 0 bridgehead atoms. The van der Waals surface area contributed by atoms with Gasteiger partial charge in [-0.1, -0.05) is 90.1 Å². The van der Waals surface area contributed by atoms with Crippen LogP contribution in [0.5, 0.6) is 0 Å². The maximum absolute atomic E-state index is 13.3. The van der Waals surface area contributed by atoms with Crippen molar-refractivity contribution in [2.24, 2.45) is 5.41 Å². The van der Waals surface area contributed by atoms with Crippen molar-refractivity contribution in [3.8, 4) is 0 Å². The zero-order valence-electron chi connectivity index (χ0n) is 21.6. The van der Waals surface area contributed by atoms with Crippen molar-refractivity contribution < 1.29 is 19.1 Å². The minimum atomic E-state index is -1.45. The Morgan fingerprint density at radius 2 is 0.909 bits per heavy atom. The molecule has 0 N–H and O–H groups in total. The lowest BCUT2D eigenvalue weighted by Crippen LogP contribution is -2.46. The fourth-order valence-electron chi connectivity index (χ4n) is 3.92. The molecule has 33 heavy (non-hydrogen) atoms. The van der Waals surface area contributed by atoms with E-state index in [1.54, 1.807) is 13.8 Å². The second-order valence-corrected chi connectivity index (χ2v) is 10.8. The first kappa shape index (κ1) is 26.6. The summed E-state index contributed by atoms with van der Waals surface area (Å²) >= 11 is 0. The molecule has 0 radical (unpaired) electrons. The normalized spacial score (nSPS) is 12.4. The zero-order valence-corrected chi connectivity index (χ0v) is 21.6. The number of esters is 2. The van der Waals surface area contributed by atoms with E-state index in [2.05, 4.69) is 65.8 Å². The molecule has 0 aliphatic heterocycles. The Labute approximate surface area is 199 Å². The van der Waals surface area contributed by atoms with Gasteiger partial charge in [0, 0.05) is 0 Å². The van der Waals surface area contributed by atoms with Crippen molar-refractivity contribution in [2.45, 2.75) is 79.1 Å². The fraction of sp³-hybridized carbons (Fsp3) is 0.517. The molecule has 0 amide bonds. The smallest absolute Gasteiger partial charge is 0.324 e. The Bertz CT molecular complexity index is 846. The van der Waals surface area contributed by atoms with Gasteiger partial charge in [0.15, 0.2) is 5.41 Å². The molecule has 2 aromatic rings. The molecule has 0 fully saturated rings. The Morgan fingerprint density at radius 3 is 1.15 bits per heavy atom. The van der Waals surface area contributed by atoms with Gasteiger partial charge in [0.1, 0.15) is 0 Å². The van der Waals surface area contributed by atoms with Gasteiger partial charge in [0.2, 0.25) is 0 Å². The highest BCUT2D eigenvalue weighted by Crippen LogP contribution is 2.34. The van der Waals surface area contributed by atoms with Crippen LogP contribution in [0.25, 0.3) is 0 Å². The van der Waals surface area contributed by atoms with E-state index >= 15 is 0 Å². The predicted molar refractivity (Wildman–Crippen MR) is 133 cm³/mol. The molecule has 0 unspecified atom stereocenters. The van der Waals surface area contributed by atoms with Crippen molar-refractivity contribution in [3.05, 3.63) is 70.8 Å². The summed E-state index contributed by atoms with van der Waals surface area (Å²) in [6.45, 7) is 16.9. The van der Waals surface area contributed by atoms with E-state index < -0.39 is 17.4 Å². The molecule has 0 saturated heterocycles. The molecule has 2 rings (SSSR count). The third-order valence-electron chi connectivity index (χ3n) is 5.98. The van der Waals surface area contributed by atoms with Gasteiger partial charge in [-0.3, -0.25) is 9.59 Å². The average molecular weight is 453 g/mol. The van der Waals surface area contributed by atoms with E-state index in [9.17, 15) is 9.59 Å². The van der Waals surface area contributed by atoms with Gasteiger partial charge < -0.3 is 9.47 Å². The number of rotatable bonds is 8.